The van der Waals surface area contributed by atoms with Gasteiger partial charge in [-0.3, -0.25) is 4.90 Å². The van der Waals surface area contributed by atoms with Crippen molar-refractivity contribution >= 4 is 0 Å². The second-order valence-corrected chi connectivity index (χ2v) is 6.03. The maximum atomic E-state index is 9.41. The summed E-state index contributed by atoms with van der Waals surface area (Å²) in [6.45, 7) is 8.44. The molecule has 1 aromatic rings. The number of aliphatic hydroxyl groups excluding tert-OH is 1. The number of aromatic nitrogens is 2. The molecular formula is C14H26N4O2. The molecule has 1 aliphatic heterocycles. The second kappa shape index (κ2) is 7.15. The van der Waals surface area contributed by atoms with Gasteiger partial charge in [-0.25, -0.2) is 0 Å². The fraction of sp³-hybridized carbons (Fsp3) is 0.857. The SMILES string of the molecule is Cc1noc(CN(C)CC2CCN(C[C@@H](C)O)CC2)n1. The third-order valence-electron chi connectivity index (χ3n) is 3.77. The Morgan fingerprint density at radius 2 is 2.15 bits per heavy atom. The molecule has 0 bridgehead atoms. The van der Waals surface area contributed by atoms with Crippen LogP contribution in [-0.4, -0.2) is 64.4 Å². The van der Waals surface area contributed by atoms with Crippen LogP contribution in [0.4, 0.5) is 0 Å². The van der Waals surface area contributed by atoms with E-state index in [1.54, 1.807) is 0 Å². The van der Waals surface area contributed by atoms with Crippen molar-refractivity contribution in [1.29, 1.82) is 0 Å². The standard InChI is InChI=1S/C14H26N4O2/c1-11(19)8-18-6-4-13(5-7-18)9-17(3)10-14-15-12(2)16-20-14/h11,13,19H,4-10H2,1-3H3/t11-/m1/s1. The number of aryl methyl sites for hydroxylation is 1. The van der Waals surface area contributed by atoms with E-state index in [1.165, 1.54) is 12.8 Å². The average Bonchev–Trinajstić information content (AvgIpc) is 2.76. The fourth-order valence-corrected chi connectivity index (χ4v) is 2.87. The van der Waals surface area contributed by atoms with Crippen LogP contribution in [0.1, 0.15) is 31.5 Å². The monoisotopic (exact) mass is 282 g/mol. The van der Waals surface area contributed by atoms with Crippen LogP contribution in [0, 0.1) is 12.8 Å². The summed E-state index contributed by atoms with van der Waals surface area (Å²) in [5, 5.41) is 13.2. The lowest BCUT2D eigenvalue weighted by atomic mass is 9.96. The highest BCUT2D eigenvalue weighted by Crippen LogP contribution is 2.18. The van der Waals surface area contributed by atoms with Crippen molar-refractivity contribution < 1.29 is 9.63 Å². The van der Waals surface area contributed by atoms with E-state index < -0.39 is 0 Å². The van der Waals surface area contributed by atoms with Gasteiger partial charge in [0.15, 0.2) is 5.82 Å². The second-order valence-electron chi connectivity index (χ2n) is 6.03. The van der Waals surface area contributed by atoms with Crippen molar-refractivity contribution in [3.05, 3.63) is 11.7 Å². The fourth-order valence-electron chi connectivity index (χ4n) is 2.87. The van der Waals surface area contributed by atoms with Crippen LogP contribution in [0.3, 0.4) is 0 Å². The number of hydrogen-bond acceptors (Lipinski definition) is 6. The number of rotatable bonds is 6. The topological polar surface area (TPSA) is 65.6 Å². The summed E-state index contributed by atoms with van der Waals surface area (Å²) in [4.78, 5) is 8.83. The molecule has 1 aliphatic rings. The number of hydrogen-bond donors (Lipinski definition) is 1. The molecule has 0 unspecified atom stereocenters. The first-order valence-corrected chi connectivity index (χ1v) is 7.41. The molecule has 0 radical (unpaired) electrons. The maximum Gasteiger partial charge on any atom is 0.240 e. The first-order chi connectivity index (χ1) is 9.52. The van der Waals surface area contributed by atoms with Crippen LogP contribution in [-0.2, 0) is 6.54 Å². The summed E-state index contributed by atoms with van der Waals surface area (Å²) in [6.07, 6.45) is 2.16. The van der Waals surface area contributed by atoms with E-state index in [4.69, 9.17) is 4.52 Å². The minimum Gasteiger partial charge on any atom is -0.392 e. The van der Waals surface area contributed by atoms with Crippen molar-refractivity contribution in [2.45, 2.75) is 39.3 Å². The first-order valence-electron chi connectivity index (χ1n) is 7.41. The van der Waals surface area contributed by atoms with Crippen molar-refractivity contribution in [1.82, 2.24) is 19.9 Å². The van der Waals surface area contributed by atoms with Gasteiger partial charge in [-0.1, -0.05) is 5.16 Å². The van der Waals surface area contributed by atoms with Crippen LogP contribution in [0.25, 0.3) is 0 Å². The lowest BCUT2D eigenvalue weighted by Crippen LogP contribution is -2.40. The van der Waals surface area contributed by atoms with Crippen molar-refractivity contribution in [2.75, 3.05) is 33.2 Å². The molecule has 0 saturated carbocycles. The van der Waals surface area contributed by atoms with Crippen LogP contribution >= 0.6 is 0 Å². The summed E-state index contributed by atoms with van der Waals surface area (Å²) in [5.41, 5.74) is 0. The molecule has 114 valence electrons. The predicted molar refractivity (Wildman–Crippen MR) is 76.2 cm³/mol. The summed E-state index contributed by atoms with van der Waals surface area (Å²) < 4.78 is 5.15. The van der Waals surface area contributed by atoms with Crippen molar-refractivity contribution in [3.8, 4) is 0 Å². The van der Waals surface area contributed by atoms with Crippen LogP contribution in [0.15, 0.2) is 4.52 Å². The quantitative estimate of drug-likeness (QED) is 0.836. The minimum atomic E-state index is -0.227. The lowest BCUT2D eigenvalue weighted by Gasteiger charge is -2.34. The zero-order valence-corrected chi connectivity index (χ0v) is 12.7. The van der Waals surface area contributed by atoms with Crippen molar-refractivity contribution in [2.24, 2.45) is 5.92 Å². The Morgan fingerprint density at radius 1 is 1.45 bits per heavy atom. The van der Waals surface area contributed by atoms with E-state index in [2.05, 4.69) is 27.0 Å². The lowest BCUT2D eigenvalue weighted by molar-refractivity contribution is 0.0908. The van der Waals surface area contributed by atoms with Gasteiger partial charge in [0.1, 0.15) is 0 Å². The third kappa shape index (κ3) is 4.85. The third-order valence-corrected chi connectivity index (χ3v) is 3.77. The van der Waals surface area contributed by atoms with Gasteiger partial charge in [-0.05, 0) is 52.7 Å². The molecule has 6 heteroatoms. The number of piperidine rings is 1. The van der Waals surface area contributed by atoms with Crippen molar-refractivity contribution in [3.63, 3.8) is 0 Å². The molecule has 20 heavy (non-hydrogen) atoms. The van der Waals surface area contributed by atoms with Crippen LogP contribution < -0.4 is 0 Å². The molecule has 0 aromatic carbocycles. The molecule has 1 saturated heterocycles. The maximum absolute atomic E-state index is 9.41. The van der Waals surface area contributed by atoms with Gasteiger partial charge in [-0.2, -0.15) is 4.98 Å². The largest absolute Gasteiger partial charge is 0.392 e. The highest BCUT2D eigenvalue weighted by molar-refractivity contribution is 4.83. The molecule has 2 rings (SSSR count). The van der Waals surface area contributed by atoms with Gasteiger partial charge in [-0.15, -0.1) is 0 Å². The molecule has 0 amide bonds. The highest BCUT2D eigenvalue weighted by Gasteiger charge is 2.21. The summed E-state index contributed by atoms with van der Waals surface area (Å²) in [5.74, 6) is 2.10. The smallest absolute Gasteiger partial charge is 0.240 e. The average molecular weight is 282 g/mol. The van der Waals surface area contributed by atoms with E-state index in [0.717, 1.165) is 26.2 Å². The molecule has 6 nitrogen and oxygen atoms in total. The van der Waals surface area contributed by atoms with E-state index in [9.17, 15) is 5.11 Å². The Balaban J connectivity index is 1.69. The molecule has 1 aromatic heterocycles. The zero-order chi connectivity index (χ0) is 14.5. The van der Waals surface area contributed by atoms with Crippen LogP contribution in [0.2, 0.25) is 0 Å². The molecule has 1 N–H and O–H groups in total. The molecule has 1 fully saturated rings. The predicted octanol–water partition coefficient (Wildman–Crippen LogP) is 0.903. The Kier molecular flexibility index (Phi) is 5.51. The zero-order valence-electron chi connectivity index (χ0n) is 12.7. The Morgan fingerprint density at radius 3 is 2.70 bits per heavy atom. The molecule has 1 atom stereocenters. The van der Waals surface area contributed by atoms with Gasteiger partial charge < -0.3 is 14.5 Å². The Bertz CT molecular complexity index is 400. The van der Waals surface area contributed by atoms with Gasteiger partial charge in [0.25, 0.3) is 0 Å². The number of β-amino-alcohol motifs (C(OH)–C–C–N with tert-alkyl or cyclic N) is 1. The van der Waals surface area contributed by atoms with Crippen LogP contribution in [0.5, 0.6) is 0 Å². The summed E-state index contributed by atoms with van der Waals surface area (Å²) >= 11 is 0. The molecule has 0 spiro atoms. The van der Waals surface area contributed by atoms with Gasteiger partial charge in [0.2, 0.25) is 5.89 Å². The Hall–Kier alpha value is -0.980. The summed E-state index contributed by atoms with van der Waals surface area (Å²) in [7, 11) is 2.10. The van der Waals surface area contributed by atoms with E-state index in [-0.39, 0.29) is 6.10 Å². The minimum absolute atomic E-state index is 0.227. The first kappa shape index (κ1) is 15.4. The number of nitrogens with zero attached hydrogens (tertiary/aromatic N) is 4. The highest BCUT2D eigenvalue weighted by atomic mass is 16.5. The summed E-state index contributed by atoms with van der Waals surface area (Å²) in [6, 6.07) is 0. The molecular weight excluding hydrogens is 256 g/mol. The van der Waals surface area contributed by atoms with E-state index in [0.29, 0.717) is 24.2 Å². The van der Waals surface area contributed by atoms with E-state index >= 15 is 0 Å². The van der Waals surface area contributed by atoms with Gasteiger partial charge >= 0.3 is 0 Å². The van der Waals surface area contributed by atoms with Gasteiger partial charge in [0.05, 0.1) is 12.6 Å². The normalized spacial score (nSPS) is 19.6. The number of likely N-dealkylation sites (tertiary alicyclic amines) is 1. The van der Waals surface area contributed by atoms with Gasteiger partial charge in [0, 0.05) is 13.1 Å². The van der Waals surface area contributed by atoms with E-state index in [1.807, 2.05) is 13.8 Å². The Labute approximate surface area is 120 Å². The number of aliphatic hydroxyl groups is 1. The molecule has 0 aliphatic carbocycles. The molecule has 2 heterocycles.